The summed E-state index contributed by atoms with van der Waals surface area (Å²) in [6.45, 7) is 3.71. The number of nitrogens with zero attached hydrogens (tertiary/aromatic N) is 1. The number of fused-ring (bicyclic) bond motifs is 1. The maximum Gasteiger partial charge on any atom is 0.350 e. The first kappa shape index (κ1) is 18.7. The highest BCUT2D eigenvalue weighted by atomic mass is 32.1. The number of anilines is 2. The Hall–Kier alpha value is -3.13. The van der Waals surface area contributed by atoms with Gasteiger partial charge in [-0.05, 0) is 32.0 Å². The number of ether oxygens (including phenoxy) is 2. The number of benzene rings is 1. The molecule has 8 heteroatoms. The molecule has 0 aliphatic heterocycles. The van der Waals surface area contributed by atoms with Crippen LogP contribution in [0.3, 0.4) is 0 Å². The van der Waals surface area contributed by atoms with E-state index in [-0.39, 0.29) is 18.2 Å². The lowest BCUT2D eigenvalue weighted by Crippen LogP contribution is -2.14. The maximum absolute atomic E-state index is 12.8. The van der Waals surface area contributed by atoms with Gasteiger partial charge in [0, 0.05) is 5.39 Å². The first-order valence-corrected chi connectivity index (χ1v) is 9.09. The molecule has 140 valence electrons. The summed E-state index contributed by atoms with van der Waals surface area (Å²) >= 11 is 1.15. The number of para-hydroxylation sites is 2. The number of rotatable bonds is 5. The minimum atomic E-state index is -0.490. The zero-order valence-corrected chi connectivity index (χ0v) is 16.0. The first-order valence-electron chi connectivity index (χ1n) is 8.27. The largest absolute Gasteiger partial charge is 0.495 e. The van der Waals surface area contributed by atoms with Crippen molar-refractivity contribution in [3.63, 3.8) is 0 Å². The van der Waals surface area contributed by atoms with Crippen LogP contribution in [0.5, 0.6) is 5.75 Å². The number of nitrogens with two attached hydrogens (primary N) is 1. The van der Waals surface area contributed by atoms with Gasteiger partial charge in [0.15, 0.2) is 0 Å². The van der Waals surface area contributed by atoms with Gasteiger partial charge in [-0.25, -0.2) is 9.78 Å². The molecule has 3 rings (SSSR count). The summed E-state index contributed by atoms with van der Waals surface area (Å²) in [6.07, 6.45) is 0. The van der Waals surface area contributed by atoms with Gasteiger partial charge in [-0.15, -0.1) is 11.3 Å². The van der Waals surface area contributed by atoms with E-state index in [1.165, 1.54) is 7.11 Å². The van der Waals surface area contributed by atoms with E-state index in [0.717, 1.165) is 11.3 Å². The topological polar surface area (TPSA) is 104 Å². The van der Waals surface area contributed by atoms with Crippen LogP contribution in [0.4, 0.5) is 11.4 Å². The molecule has 0 atom stereocenters. The number of hydrogen-bond donors (Lipinski definition) is 2. The fourth-order valence-electron chi connectivity index (χ4n) is 2.64. The number of aromatic nitrogens is 1. The SMILES string of the molecule is CCOC(=O)c1sc2nc(C)c(C(=O)Nc3ccccc3OC)cc2c1N. The van der Waals surface area contributed by atoms with E-state index in [9.17, 15) is 9.59 Å². The van der Waals surface area contributed by atoms with Gasteiger partial charge < -0.3 is 20.5 Å². The highest BCUT2D eigenvalue weighted by molar-refractivity contribution is 7.21. The average Bonchev–Trinajstić information content (AvgIpc) is 2.97. The van der Waals surface area contributed by atoms with Crippen LogP contribution in [0, 0.1) is 6.92 Å². The number of nitrogen functional groups attached to an aromatic ring is 1. The fourth-order valence-corrected chi connectivity index (χ4v) is 3.66. The third kappa shape index (κ3) is 3.56. The smallest absolute Gasteiger partial charge is 0.350 e. The van der Waals surface area contributed by atoms with E-state index >= 15 is 0 Å². The molecule has 7 nitrogen and oxygen atoms in total. The number of aryl methyl sites for hydroxylation is 1. The zero-order chi connectivity index (χ0) is 19.6. The standard InChI is InChI=1S/C19H19N3O4S/c1-4-26-19(24)16-15(20)12-9-11(10(2)21-18(12)27-16)17(23)22-13-7-5-6-8-14(13)25-3/h5-9H,4,20H2,1-3H3,(H,22,23). The number of esters is 1. The second-order valence-electron chi connectivity index (χ2n) is 5.69. The zero-order valence-electron chi connectivity index (χ0n) is 15.2. The Labute approximate surface area is 160 Å². The van der Waals surface area contributed by atoms with Crippen molar-refractivity contribution in [1.29, 1.82) is 0 Å². The molecule has 0 bridgehead atoms. The van der Waals surface area contributed by atoms with Gasteiger partial charge >= 0.3 is 5.97 Å². The van der Waals surface area contributed by atoms with Crippen molar-refractivity contribution in [3.8, 4) is 5.75 Å². The Morgan fingerprint density at radius 3 is 2.74 bits per heavy atom. The van der Waals surface area contributed by atoms with Crippen LogP contribution in [0.25, 0.3) is 10.2 Å². The molecule has 0 fully saturated rings. The summed E-state index contributed by atoms with van der Waals surface area (Å²) in [5.41, 5.74) is 7.83. The maximum atomic E-state index is 12.8. The number of carbonyl (C=O) groups is 2. The van der Waals surface area contributed by atoms with Gasteiger partial charge in [-0.2, -0.15) is 0 Å². The Bertz CT molecular complexity index is 1030. The summed E-state index contributed by atoms with van der Waals surface area (Å²) in [6, 6.07) is 8.77. The Morgan fingerprint density at radius 2 is 2.04 bits per heavy atom. The Balaban J connectivity index is 1.99. The van der Waals surface area contributed by atoms with Gasteiger partial charge in [-0.3, -0.25) is 4.79 Å². The van der Waals surface area contributed by atoms with Gasteiger partial charge in [0.2, 0.25) is 0 Å². The number of thiophene rings is 1. The van der Waals surface area contributed by atoms with Gasteiger partial charge in [0.05, 0.1) is 36.3 Å². The van der Waals surface area contributed by atoms with Crippen LogP contribution < -0.4 is 15.8 Å². The molecule has 3 aromatic rings. The van der Waals surface area contributed by atoms with Crippen molar-refractivity contribution in [1.82, 2.24) is 4.98 Å². The summed E-state index contributed by atoms with van der Waals surface area (Å²) in [4.78, 5) is 30.1. The minimum Gasteiger partial charge on any atom is -0.495 e. The summed E-state index contributed by atoms with van der Waals surface area (Å²) in [5, 5.41) is 3.37. The van der Waals surface area contributed by atoms with Crippen LogP contribution in [0.1, 0.15) is 32.6 Å². The molecule has 3 N–H and O–H groups in total. The number of hydrogen-bond acceptors (Lipinski definition) is 7. The number of nitrogens with one attached hydrogen (secondary N) is 1. The molecular formula is C19H19N3O4S. The van der Waals surface area contributed by atoms with E-state index in [2.05, 4.69) is 10.3 Å². The summed E-state index contributed by atoms with van der Waals surface area (Å²) in [7, 11) is 1.53. The predicted octanol–water partition coefficient (Wildman–Crippen LogP) is 3.62. The third-order valence-corrected chi connectivity index (χ3v) is 5.07. The normalized spacial score (nSPS) is 10.6. The first-order chi connectivity index (χ1) is 13.0. The van der Waals surface area contributed by atoms with E-state index in [1.807, 2.05) is 6.07 Å². The van der Waals surface area contributed by atoms with Crippen molar-refractivity contribution in [2.24, 2.45) is 0 Å². The van der Waals surface area contributed by atoms with Crippen LogP contribution in [0.15, 0.2) is 30.3 Å². The van der Waals surface area contributed by atoms with Crippen molar-refractivity contribution in [2.45, 2.75) is 13.8 Å². The van der Waals surface area contributed by atoms with Crippen LogP contribution in [-0.4, -0.2) is 30.6 Å². The number of pyridine rings is 1. The highest BCUT2D eigenvalue weighted by Gasteiger charge is 2.21. The lowest BCUT2D eigenvalue weighted by Gasteiger charge is -2.11. The third-order valence-electron chi connectivity index (χ3n) is 3.97. The van der Waals surface area contributed by atoms with Crippen LogP contribution in [-0.2, 0) is 4.74 Å². The van der Waals surface area contributed by atoms with E-state index in [1.54, 1.807) is 38.1 Å². The highest BCUT2D eigenvalue weighted by Crippen LogP contribution is 2.34. The molecule has 1 amide bonds. The number of carbonyl (C=O) groups excluding carboxylic acids is 2. The van der Waals surface area contributed by atoms with E-state index in [0.29, 0.717) is 37.8 Å². The minimum absolute atomic E-state index is 0.255. The molecule has 0 spiro atoms. The fraction of sp³-hybridized carbons (Fsp3) is 0.211. The summed E-state index contributed by atoms with van der Waals surface area (Å²) < 4.78 is 10.3. The van der Waals surface area contributed by atoms with Crippen molar-refractivity contribution < 1.29 is 19.1 Å². The van der Waals surface area contributed by atoms with Crippen molar-refractivity contribution >= 4 is 44.8 Å². The van der Waals surface area contributed by atoms with E-state index < -0.39 is 5.97 Å². The monoisotopic (exact) mass is 385 g/mol. The Kier molecular flexibility index (Phi) is 5.27. The predicted molar refractivity (Wildman–Crippen MR) is 106 cm³/mol. The second kappa shape index (κ2) is 7.63. The lowest BCUT2D eigenvalue weighted by molar-refractivity contribution is 0.0533. The average molecular weight is 385 g/mol. The molecule has 0 aliphatic carbocycles. The molecule has 27 heavy (non-hydrogen) atoms. The van der Waals surface area contributed by atoms with Crippen LogP contribution >= 0.6 is 11.3 Å². The molecule has 0 saturated carbocycles. The summed E-state index contributed by atoms with van der Waals surface area (Å²) in [5.74, 6) is -0.275. The molecule has 0 saturated heterocycles. The quantitative estimate of drug-likeness (QED) is 0.650. The second-order valence-corrected chi connectivity index (χ2v) is 6.69. The molecular weight excluding hydrogens is 366 g/mol. The molecule has 0 unspecified atom stereocenters. The van der Waals surface area contributed by atoms with Gasteiger partial charge in [0.1, 0.15) is 15.5 Å². The molecule has 2 heterocycles. The number of amides is 1. The van der Waals surface area contributed by atoms with Crippen LogP contribution in [0.2, 0.25) is 0 Å². The molecule has 2 aromatic heterocycles. The van der Waals surface area contributed by atoms with Gasteiger partial charge in [-0.1, -0.05) is 12.1 Å². The molecule has 1 aromatic carbocycles. The lowest BCUT2D eigenvalue weighted by atomic mass is 10.1. The number of methoxy groups -OCH3 is 1. The van der Waals surface area contributed by atoms with E-state index in [4.69, 9.17) is 15.2 Å². The molecule has 0 radical (unpaired) electrons. The Morgan fingerprint density at radius 1 is 1.30 bits per heavy atom. The van der Waals surface area contributed by atoms with Crippen molar-refractivity contribution in [3.05, 3.63) is 46.5 Å². The van der Waals surface area contributed by atoms with Gasteiger partial charge in [0.25, 0.3) is 5.91 Å². The molecule has 0 aliphatic rings. The van der Waals surface area contributed by atoms with Crippen molar-refractivity contribution in [2.75, 3.05) is 24.8 Å².